The maximum absolute atomic E-state index is 12.0. The van der Waals surface area contributed by atoms with Crippen molar-refractivity contribution >= 4 is 28.5 Å². The average Bonchev–Trinajstić information content (AvgIpc) is 2.32. The molecule has 3 N–H and O–H groups in total. The van der Waals surface area contributed by atoms with Crippen LogP contribution in [0.2, 0.25) is 0 Å². The van der Waals surface area contributed by atoms with Gasteiger partial charge in [-0.25, -0.2) is 0 Å². The van der Waals surface area contributed by atoms with Gasteiger partial charge in [0.25, 0.3) is 5.91 Å². The molecule has 1 aromatic rings. The summed E-state index contributed by atoms with van der Waals surface area (Å²) in [6.45, 7) is 0. The summed E-state index contributed by atoms with van der Waals surface area (Å²) in [5.41, 5.74) is 6.74. The van der Waals surface area contributed by atoms with Crippen LogP contribution >= 0.6 is 22.6 Å². The quantitative estimate of drug-likeness (QED) is 0.809. The highest BCUT2D eigenvalue weighted by molar-refractivity contribution is 14.1. The lowest BCUT2D eigenvalue weighted by molar-refractivity contribution is 0.0921. The molecule has 17 heavy (non-hydrogen) atoms. The molecular weight excluding hydrogens is 327 g/mol. The summed E-state index contributed by atoms with van der Waals surface area (Å²) < 4.78 is 1.07. The van der Waals surface area contributed by atoms with E-state index in [1.54, 1.807) is 0 Å². The molecule has 2 rings (SSSR count). The van der Waals surface area contributed by atoms with E-state index >= 15 is 0 Å². The van der Waals surface area contributed by atoms with Gasteiger partial charge in [0.2, 0.25) is 0 Å². The first kappa shape index (κ1) is 12.8. The van der Waals surface area contributed by atoms with Crippen molar-refractivity contribution < 1.29 is 4.79 Å². The number of hydrogen-bond acceptors (Lipinski definition) is 2. The lowest BCUT2D eigenvalue weighted by atomic mass is 9.91. The third kappa shape index (κ3) is 3.42. The van der Waals surface area contributed by atoms with Gasteiger partial charge < -0.3 is 11.1 Å². The third-order valence-corrected chi connectivity index (χ3v) is 3.89. The molecule has 4 heteroatoms. The molecule has 0 aromatic heterocycles. The molecule has 0 radical (unpaired) electrons. The highest BCUT2D eigenvalue weighted by Gasteiger charge is 2.23. The Bertz CT molecular complexity index is 408. The fourth-order valence-corrected chi connectivity index (χ4v) is 2.76. The summed E-state index contributed by atoms with van der Waals surface area (Å²) in [5, 5.41) is 3.04. The second kappa shape index (κ2) is 5.82. The molecule has 0 bridgehead atoms. The van der Waals surface area contributed by atoms with E-state index in [-0.39, 0.29) is 18.0 Å². The van der Waals surface area contributed by atoms with Crippen LogP contribution in [0.3, 0.4) is 0 Å². The van der Waals surface area contributed by atoms with E-state index in [1.165, 1.54) is 6.42 Å². The van der Waals surface area contributed by atoms with Gasteiger partial charge in [-0.05, 0) is 53.6 Å². The van der Waals surface area contributed by atoms with E-state index in [2.05, 4.69) is 27.9 Å². The normalized spacial score (nSPS) is 24.4. The van der Waals surface area contributed by atoms with Gasteiger partial charge in [-0.15, -0.1) is 0 Å². The van der Waals surface area contributed by atoms with Crippen molar-refractivity contribution in [3.05, 3.63) is 33.4 Å². The molecule has 1 aromatic carbocycles. The largest absolute Gasteiger partial charge is 0.348 e. The average molecular weight is 344 g/mol. The highest BCUT2D eigenvalue weighted by atomic mass is 127. The Morgan fingerprint density at radius 2 is 2.12 bits per heavy atom. The van der Waals surface area contributed by atoms with Crippen LogP contribution in [-0.4, -0.2) is 18.0 Å². The summed E-state index contributed by atoms with van der Waals surface area (Å²) in [5.74, 6) is -0.00846. The Hall–Kier alpha value is -0.620. The topological polar surface area (TPSA) is 55.1 Å². The van der Waals surface area contributed by atoms with Crippen molar-refractivity contribution in [3.63, 3.8) is 0 Å². The van der Waals surface area contributed by atoms with Crippen molar-refractivity contribution in [1.82, 2.24) is 5.32 Å². The lowest BCUT2D eigenvalue weighted by Gasteiger charge is -2.29. The van der Waals surface area contributed by atoms with Gasteiger partial charge in [0.1, 0.15) is 0 Å². The smallest absolute Gasteiger partial charge is 0.251 e. The second-order valence-electron chi connectivity index (χ2n) is 4.54. The third-order valence-electron chi connectivity index (χ3n) is 3.22. The molecular formula is C13H17IN2O. The summed E-state index contributed by atoms with van der Waals surface area (Å²) in [7, 11) is 0. The van der Waals surface area contributed by atoms with E-state index < -0.39 is 0 Å². The molecule has 0 heterocycles. The molecule has 0 saturated heterocycles. The molecule has 0 aliphatic heterocycles. The minimum absolute atomic E-state index is 0.00846. The van der Waals surface area contributed by atoms with Gasteiger partial charge in [-0.1, -0.05) is 18.9 Å². The maximum atomic E-state index is 12.0. The number of carbonyl (C=O) groups is 1. The molecule has 1 amide bonds. The summed E-state index contributed by atoms with van der Waals surface area (Å²) in [6.07, 6.45) is 4.34. The number of carbonyl (C=O) groups excluding carboxylic acids is 1. The van der Waals surface area contributed by atoms with Crippen LogP contribution in [0.5, 0.6) is 0 Å². The number of rotatable bonds is 2. The van der Waals surface area contributed by atoms with E-state index in [0.29, 0.717) is 0 Å². The Balaban J connectivity index is 2.01. The van der Waals surface area contributed by atoms with Crippen LogP contribution in [0, 0.1) is 3.57 Å². The van der Waals surface area contributed by atoms with Crippen molar-refractivity contribution in [2.75, 3.05) is 0 Å². The summed E-state index contributed by atoms with van der Waals surface area (Å²) in [6, 6.07) is 7.85. The number of benzene rings is 1. The van der Waals surface area contributed by atoms with Gasteiger partial charge >= 0.3 is 0 Å². The van der Waals surface area contributed by atoms with Gasteiger partial charge in [0.15, 0.2) is 0 Å². The zero-order valence-corrected chi connectivity index (χ0v) is 11.8. The Kier molecular flexibility index (Phi) is 4.39. The zero-order valence-electron chi connectivity index (χ0n) is 9.66. The van der Waals surface area contributed by atoms with Crippen molar-refractivity contribution in [3.8, 4) is 0 Å². The van der Waals surface area contributed by atoms with Gasteiger partial charge in [-0.2, -0.15) is 0 Å². The predicted octanol–water partition coefficient (Wildman–Crippen LogP) is 2.29. The lowest BCUT2D eigenvalue weighted by Crippen LogP contribution is -2.49. The molecule has 92 valence electrons. The van der Waals surface area contributed by atoms with Crippen LogP contribution in [0.15, 0.2) is 24.3 Å². The Morgan fingerprint density at radius 3 is 2.82 bits per heavy atom. The van der Waals surface area contributed by atoms with E-state index in [4.69, 9.17) is 5.73 Å². The zero-order chi connectivity index (χ0) is 12.3. The van der Waals surface area contributed by atoms with Crippen molar-refractivity contribution in [1.29, 1.82) is 0 Å². The van der Waals surface area contributed by atoms with Gasteiger partial charge in [-0.3, -0.25) is 4.79 Å². The molecule has 1 aliphatic carbocycles. The van der Waals surface area contributed by atoms with E-state index in [0.717, 1.165) is 28.4 Å². The van der Waals surface area contributed by atoms with Crippen LogP contribution in [0.25, 0.3) is 0 Å². The standard InChI is InChI=1S/C13H17IN2O/c14-10-5-3-4-9(8-10)13(17)16-12-7-2-1-6-11(12)15/h3-5,8,11-12H,1-2,6-7,15H2,(H,16,17)/t11-,12-/m1/s1. The van der Waals surface area contributed by atoms with Gasteiger partial charge in [0, 0.05) is 21.2 Å². The van der Waals surface area contributed by atoms with Crippen LogP contribution in [0.4, 0.5) is 0 Å². The van der Waals surface area contributed by atoms with E-state index in [1.807, 2.05) is 24.3 Å². The van der Waals surface area contributed by atoms with Crippen LogP contribution in [-0.2, 0) is 0 Å². The summed E-state index contributed by atoms with van der Waals surface area (Å²) in [4.78, 5) is 12.0. The molecule has 3 nitrogen and oxygen atoms in total. The maximum Gasteiger partial charge on any atom is 0.251 e. The number of halogens is 1. The second-order valence-corrected chi connectivity index (χ2v) is 5.78. The molecule has 2 atom stereocenters. The number of amides is 1. The highest BCUT2D eigenvalue weighted by Crippen LogP contribution is 2.17. The summed E-state index contributed by atoms with van der Waals surface area (Å²) >= 11 is 2.21. The first-order valence-corrected chi connectivity index (χ1v) is 7.07. The van der Waals surface area contributed by atoms with Crippen molar-refractivity contribution in [2.24, 2.45) is 5.73 Å². The fraction of sp³-hybridized carbons (Fsp3) is 0.462. The van der Waals surface area contributed by atoms with Gasteiger partial charge in [0.05, 0.1) is 0 Å². The molecule has 0 spiro atoms. The number of nitrogens with one attached hydrogen (secondary N) is 1. The van der Waals surface area contributed by atoms with Crippen LogP contribution in [0.1, 0.15) is 36.0 Å². The molecule has 1 fully saturated rings. The first-order chi connectivity index (χ1) is 8.16. The van der Waals surface area contributed by atoms with Crippen LogP contribution < -0.4 is 11.1 Å². The monoisotopic (exact) mass is 344 g/mol. The van der Waals surface area contributed by atoms with Crippen molar-refractivity contribution in [2.45, 2.75) is 37.8 Å². The Labute approximate surface area is 115 Å². The molecule has 1 aliphatic rings. The SMILES string of the molecule is N[C@@H]1CCCC[C@H]1NC(=O)c1cccc(I)c1. The Morgan fingerprint density at radius 1 is 1.35 bits per heavy atom. The first-order valence-electron chi connectivity index (χ1n) is 5.99. The minimum Gasteiger partial charge on any atom is -0.348 e. The molecule has 1 saturated carbocycles. The predicted molar refractivity (Wildman–Crippen MR) is 76.9 cm³/mol. The number of hydrogen-bond donors (Lipinski definition) is 2. The fourth-order valence-electron chi connectivity index (χ4n) is 2.22. The number of nitrogens with two attached hydrogens (primary N) is 1. The van der Waals surface area contributed by atoms with E-state index in [9.17, 15) is 4.79 Å². The molecule has 0 unspecified atom stereocenters. The minimum atomic E-state index is -0.00846.